The highest BCUT2D eigenvalue weighted by Gasteiger charge is 2.38. The van der Waals surface area contributed by atoms with Gasteiger partial charge in [0.05, 0.1) is 17.7 Å². The Labute approximate surface area is 190 Å². The highest BCUT2D eigenvalue weighted by molar-refractivity contribution is 6.66. The van der Waals surface area contributed by atoms with Gasteiger partial charge in [-0.1, -0.05) is 30.7 Å². The fourth-order valence-corrected chi connectivity index (χ4v) is 4.35. The maximum absolute atomic E-state index is 12.8. The third-order valence-corrected chi connectivity index (χ3v) is 6.11. The molecule has 1 amide bonds. The molecule has 3 aliphatic rings. The molecule has 3 heterocycles. The Hall–Kier alpha value is -2.58. The molecule has 1 fully saturated rings. The number of nitrogens with zero attached hydrogens (tertiary/aromatic N) is 3. The molecule has 0 bridgehead atoms. The average Bonchev–Trinajstić information content (AvgIpc) is 3.32. The summed E-state index contributed by atoms with van der Waals surface area (Å²) in [5.41, 5.74) is 3.34. The maximum atomic E-state index is 12.8. The minimum absolute atomic E-state index is 0.115. The average molecular weight is 464 g/mol. The van der Waals surface area contributed by atoms with E-state index >= 15 is 0 Å². The molecule has 9 heteroatoms. The Bertz CT molecular complexity index is 994. The number of anilines is 1. The lowest BCUT2D eigenvalue weighted by molar-refractivity contribution is -0.391. The zero-order valence-electron chi connectivity index (χ0n) is 17.9. The summed E-state index contributed by atoms with van der Waals surface area (Å²) in [5, 5.41) is 3.52. The highest BCUT2D eigenvalue weighted by atomic mass is 35.5. The topological polar surface area (TPSA) is 56.9 Å². The predicted molar refractivity (Wildman–Crippen MR) is 120 cm³/mol. The van der Waals surface area contributed by atoms with Crippen molar-refractivity contribution in [3.8, 4) is 0 Å². The number of aliphatic imine (C=N–C) groups is 1. The predicted octanol–water partition coefficient (Wildman–Crippen LogP) is 4.01. The monoisotopic (exact) mass is 463 g/mol. The van der Waals surface area contributed by atoms with Gasteiger partial charge in [0.2, 0.25) is 11.4 Å². The van der Waals surface area contributed by atoms with Gasteiger partial charge in [-0.3, -0.25) is 4.79 Å². The van der Waals surface area contributed by atoms with Gasteiger partial charge in [-0.25, -0.2) is 0 Å². The molecule has 0 aromatic heterocycles. The lowest BCUT2D eigenvalue weighted by Crippen LogP contribution is -2.37. The number of halogens is 3. The van der Waals surface area contributed by atoms with Gasteiger partial charge in [-0.05, 0) is 41.4 Å². The molecule has 0 radical (unpaired) electrons. The summed E-state index contributed by atoms with van der Waals surface area (Å²) in [5.74, 6) is 0.662. The van der Waals surface area contributed by atoms with E-state index in [1.54, 1.807) is 16.9 Å². The molecule has 0 saturated carbocycles. The maximum Gasteiger partial charge on any atom is 0.345 e. The van der Waals surface area contributed by atoms with Crippen molar-refractivity contribution in [3.05, 3.63) is 53.0 Å². The number of benzene rings is 1. The standard InChI is InChI=1S/C23H25ClF2N4O2/c1-2-19-21(30-13-17(24)11-20(30)28-19)22(31)27-12-15-3-5-18(6-4-15)29-9-7-16(8-10-29)14-32-23(25)26/h3-6,11,13,16,23H,2,7-10,12,14H2,1H3/p+1. The number of fused-ring (bicyclic) bond motifs is 1. The van der Waals surface area contributed by atoms with E-state index in [1.165, 1.54) is 0 Å². The first-order valence-electron chi connectivity index (χ1n) is 10.8. The zero-order valence-corrected chi connectivity index (χ0v) is 18.6. The van der Waals surface area contributed by atoms with E-state index in [9.17, 15) is 13.6 Å². The number of alkyl halides is 2. The molecular weight excluding hydrogens is 438 g/mol. The third kappa shape index (κ3) is 5.07. The molecule has 6 nitrogen and oxygen atoms in total. The van der Waals surface area contributed by atoms with E-state index in [-0.39, 0.29) is 18.4 Å². The van der Waals surface area contributed by atoms with Crippen LogP contribution in [-0.2, 0) is 16.1 Å². The summed E-state index contributed by atoms with van der Waals surface area (Å²) in [4.78, 5) is 19.6. The van der Waals surface area contributed by atoms with Crippen molar-refractivity contribution in [1.29, 1.82) is 0 Å². The van der Waals surface area contributed by atoms with Crippen molar-refractivity contribution in [2.24, 2.45) is 10.9 Å². The van der Waals surface area contributed by atoms with Crippen LogP contribution in [0.25, 0.3) is 0 Å². The van der Waals surface area contributed by atoms with Gasteiger partial charge in [0.25, 0.3) is 5.91 Å². The van der Waals surface area contributed by atoms with Gasteiger partial charge < -0.3 is 15.0 Å². The Morgan fingerprint density at radius 1 is 1.31 bits per heavy atom. The number of carbonyl (C=O) groups is 1. The van der Waals surface area contributed by atoms with Gasteiger partial charge in [0.1, 0.15) is 6.20 Å². The van der Waals surface area contributed by atoms with Crippen LogP contribution in [-0.4, -0.2) is 48.2 Å². The number of rotatable bonds is 8. The van der Waals surface area contributed by atoms with Gasteiger partial charge >= 0.3 is 12.4 Å². The third-order valence-electron chi connectivity index (χ3n) is 5.91. The Balaban J connectivity index is 1.31. The Kier molecular flexibility index (Phi) is 7.01. The van der Waals surface area contributed by atoms with E-state index in [1.807, 2.05) is 31.2 Å². The van der Waals surface area contributed by atoms with Gasteiger partial charge in [-0.2, -0.15) is 13.4 Å². The number of ether oxygens (including phenoxy) is 1. The van der Waals surface area contributed by atoms with Crippen LogP contribution in [0.3, 0.4) is 0 Å². The Morgan fingerprint density at radius 3 is 2.69 bits per heavy atom. The molecule has 170 valence electrons. The second kappa shape index (κ2) is 9.92. The van der Waals surface area contributed by atoms with Crippen LogP contribution < -0.4 is 10.2 Å². The van der Waals surface area contributed by atoms with Crippen LogP contribution in [0.4, 0.5) is 14.5 Å². The van der Waals surface area contributed by atoms with Crippen LogP contribution >= 0.6 is 11.6 Å². The number of amides is 1. The van der Waals surface area contributed by atoms with Crippen LogP contribution in [0.5, 0.6) is 0 Å². The van der Waals surface area contributed by atoms with Gasteiger partial charge in [-0.15, -0.1) is 0 Å². The van der Waals surface area contributed by atoms with E-state index in [0.717, 1.165) is 42.9 Å². The second-order valence-electron chi connectivity index (χ2n) is 8.02. The largest absolute Gasteiger partial charge is 0.372 e. The first-order valence-corrected chi connectivity index (χ1v) is 11.2. The van der Waals surface area contributed by atoms with Gasteiger partial charge in [0.15, 0.2) is 0 Å². The summed E-state index contributed by atoms with van der Waals surface area (Å²) in [7, 11) is 0. The summed E-state index contributed by atoms with van der Waals surface area (Å²) in [6, 6.07) is 8.05. The summed E-state index contributed by atoms with van der Waals surface area (Å²) in [6.07, 6.45) is 5.76. The van der Waals surface area contributed by atoms with Crippen molar-refractivity contribution in [2.75, 3.05) is 24.6 Å². The minimum Gasteiger partial charge on any atom is -0.372 e. The fourth-order valence-electron chi connectivity index (χ4n) is 4.16. The second-order valence-corrected chi connectivity index (χ2v) is 8.46. The highest BCUT2D eigenvalue weighted by Crippen LogP contribution is 2.25. The van der Waals surface area contributed by atoms with Crippen molar-refractivity contribution in [1.82, 2.24) is 5.32 Å². The molecule has 1 N–H and O–H groups in total. The number of nitrogens with one attached hydrogen (secondary N) is 1. The van der Waals surface area contributed by atoms with Crippen molar-refractivity contribution >= 4 is 34.6 Å². The molecule has 0 unspecified atom stereocenters. The van der Waals surface area contributed by atoms with Crippen LogP contribution in [0.15, 0.2) is 52.4 Å². The molecule has 32 heavy (non-hydrogen) atoms. The van der Waals surface area contributed by atoms with Crippen LogP contribution in [0.2, 0.25) is 0 Å². The molecule has 1 aromatic rings. The van der Waals surface area contributed by atoms with Crippen LogP contribution in [0, 0.1) is 5.92 Å². The van der Waals surface area contributed by atoms with Crippen molar-refractivity contribution < 1.29 is 22.9 Å². The molecule has 0 atom stereocenters. The molecular formula is C23H26ClF2N4O2+. The molecule has 4 rings (SSSR count). The number of piperidine rings is 1. The Morgan fingerprint density at radius 2 is 2.03 bits per heavy atom. The molecule has 0 spiro atoms. The lowest BCUT2D eigenvalue weighted by atomic mass is 9.97. The van der Waals surface area contributed by atoms with Gasteiger partial charge in [0, 0.05) is 31.7 Å². The molecule has 0 aliphatic carbocycles. The lowest BCUT2D eigenvalue weighted by Gasteiger charge is -2.33. The van der Waals surface area contributed by atoms with Crippen LogP contribution in [0.1, 0.15) is 31.7 Å². The molecule has 3 aliphatic heterocycles. The smallest absolute Gasteiger partial charge is 0.345 e. The van der Waals surface area contributed by atoms with Crippen molar-refractivity contribution in [2.45, 2.75) is 39.3 Å². The van der Waals surface area contributed by atoms with E-state index in [4.69, 9.17) is 11.6 Å². The molecule has 1 saturated heterocycles. The normalized spacial score (nSPS) is 18.7. The number of carbonyl (C=O) groups excluding carboxylic acids is 1. The van der Waals surface area contributed by atoms with E-state index in [0.29, 0.717) is 29.5 Å². The number of hydrogen-bond donors (Lipinski definition) is 1. The quantitative estimate of drug-likeness (QED) is 0.593. The summed E-state index contributed by atoms with van der Waals surface area (Å²) in [6.45, 7) is 1.41. The van der Waals surface area contributed by atoms with E-state index < -0.39 is 6.61 Å². The summed E-state index contributed by atoms with van der Waals surface area (Å²) >= 11 is 6.05. The first kappa shape index (κ1) is 22.6. The molecule has 1 aromatic carbocycles. The SMILES string of the molecule is CCC1=NC2=CC(Cl)=C[N+]2=C1C(=O)NCc1ccc(N2CCC(COC(F)F)CC2)cc1. The minimum atomic E-state index is -2.70. The number of hydrogen-bond acceptors (Lipinski definition) is 4. The summed E-state index contributed by atoms with van der Waals surface area (Å²) < 4.78 is 30.6. The van der Waals surface area contributed by atoms with E-state index in [2.05, 4.69) is 19.9 Å². The van der Waals surface area contributed by atoms with Crippen molar-refractivity contribution in [3.63, 3.8) is 0 Å². The first-order chi connectivity index (χ1) is 15.4. The number of allylic oxidation sites excluding steroid dienone is 2. The fraction of sp³-hybridized carbons (Fsp3) is 0.435. The zero-order chi connectivity index (χ0) is 22.7.